The van der Waals surface area contributed by atoms with Crippen molar-refractivity contribution in [3.05, 3.63) is 29.3 Å². The minimum Gasteiger partial charge on any atom is -0.368 e. The van der Waals surface area contributed by atoms with Crippen molar-refractivity contribution in [3.63, 3.8) is 0 Å². The number of carbonyl (C=O) groups is 2. The summed E-state index contributed by atoms with van der Waals surface area (Å²) in [6.07, 6.45) is 2.04. The van der Waals surface area contributed by atoms with E-state index in [2.05, 4.69) is 56.1 Å². The van der Waals surface area contributed by atoms with Gasteiger partial charge in [-0.2, -0.15) is 0 Å². The van der Waals surface area contributed by atoms with E-state index in [1.807, 2.05) is 4.90 Å². The van der Waals surface area contributed by atoms with Gasteiger partial charge in [-0.25, -0.2) is 0 Å². The molecule has 3 rings (SSSR count). The van der Waals surface area contributed by atoms with Crippen LogP contribution in [-0.2, 0) is 14.3 Å². The summed E-state index contributed by atoms with van der Waals surface area (Å²) in [7, 11) is 0. The van der Waals surface area contributed by atoms with Gasteiger partial charge in [0, 0.05) is 51.4 Å². The third kappa shape index (κ3) is 5.61. The summed E-state index contributed by atoms with van der Waals surface area (Å²) in [5.74, 6) is 0.904. The van der Waals surface area contributed by atoms with E-state index in [0.29, 0.717) is 44.5 Å². The molecule has 1 aromatic rings. The third-order valence-corrected chi connectivity index (χ3v) is 6.18. The Labute approximate surface area is 180 Å². The van der Waals surface area contributed by atoms with Gasteiger partial charge in [0.15, 0.2) is 0 Å². The van der Waals surface area contributed by atoms with Crippen molar-refractivity contribution in [2.75, 3.05) is 44.6 Å². The monoisotopic (exact) mass is 415 g/mol. The Morgan fingerprint density at radius 1 is 1.07 bits per heavy atom. The molecule has 2 aliphatic rings. The van der Waals surface area contributed by atoms with Gasteiger partial charge in [-0.3, -0.25) is 14.5 Å². The van der Waals surface area contributed by atoms with Gasteiger partial charge >= 0.3 is 0 Å². The maximum Gasteiger partial charge on any atom is 0.251 e. The summed E-state index contributed by atoms with van der Waals surface area (Å²) in [4.78, 5) is 29.4. The van der Waals surface area contributed by atoms with Crippen molar-refractivity contribution in [1.29, 1.82) is 0 Å². The number of piperazine rings is 1. The summed E-state index contributed by atoms with van der Waals surface area (Å²) in [6, 6.07) is 6.30. The third-order valence-electron chi connectivity index (χ3n) is 6.18. The average molecular weight is 416 g/mol. The van der Waals surface area contributed by atoms with Crippen LogP contribution < -0.4 is 5.32 Å². The van der Waals surface area contributed by atoms with Crippen molar-refractivity contribution >= 4 is 17.5 Å². The first kappa shape index (κ1) is 22.8. The summed E-state index contributed by atoms with van der Waals surface area (Å²) in [5, 5.41) is 3.20. The average Bonchev–Trinajstić information content (AvgIpc) is 3.27. The fourth-order valence-corrected chi connectivity index (χ4v) is 4.32. The molecule has 6 heteroatoms. The zero-order chi connectivity index (χ0) is 21.7. The Bertz CT molecular complexity index is 707. The number of ether oxygens (including phenoxy) is 1. The fourth-order valence-electron chi connectivity index (χ4n) is 4.32. The number of rotatable bonds is 7. The predicted molar refractivity (Wildman–Crippen MR) is 120 cm³/mol. The van der Waals surface area contributed by atoms with Crippen LogP contribution in [0.2, 0.25) is 0 Å². The molecule has 1 atom stereocenters. The molecule has 2 fully saturated rings. The number of para-hydroxylation sites is 1. The summed E-state index contributed by atoms with van der Waals surface area (Å²) < 4.78 is 5.53. The highest BCUT2D eigenvalue weighted by atomic mass is 16.5. The number of amides is 2. The lowest BCUT2D eigenvalue weighted by Crippen LogP contribution is -2.51. The Morgan fingerprint density at radius 2 is 1.70 bits per heavy atom. The summed E-state index contributed by atoms with van der Waals surface area (Å²) in [6.45, 7) is 13.1. The number of nitrogens with one attached hydrogen (secondary N) is 1. The molecular weight excluding hydrogens is 378 g/mol. The van der Waals surface area contributed by atoms with Gasteiger partial charge in [-0.05, 0) is 35.8 Å². The Balaban J connectivity index is 1.49. The van der Waals surface area contributed by atoms with Gasteiger partial charge in [0.05, 0.1) is 0 Å². The number of carbonyl (C=O) groups excluding carboxylic acids is 2. The lowest BCUT2D eigenvalue weighted by molar-refractivity contribution is -0.142. The lowest BCUT2D eigenvalue weighted by atomic mass is 9.92. The van der Waals surface area contributed by atoms with Gasteiger partial charge < -0.3 is 15.0 Å². The predicted octanol–water partition coefficient (Wildman–Crippen LogP) is 3.59. The second-order valence-electron chi connectivity index (χ2n) is 9.09. The number of anilines is 1. The Morgan fingerprint density at radius 3 is 2.23 bits per heavy atom. The number of benzene rings is 1. The van der Waals surface area contributed by atoms with Crippen molar-refractivity contribution in [3.8, 4) is 0 Å². The van der Waals surface area contributed by atoms with E-state index in [9.17, 15) is 9.59 Å². The van der Waals surface area contributed by atoms with Crippen molar-refractivity contribution < 1.29 is 14.3 Å². The summed E-state index contributed by atoms with van der Waals surface area (Å²) >= 11 is 0. The van der Waals surface area contributed by atoms with Gasteiger partial charge in [0.2, 0.25) is 5.91 Å². The standard InChI is InChI=1S/C24H37N3O3/c1-17(2)19-7-5-8-20(18(3)4)23(19)25-22(28)10-11-26-12-14-27(15-13-26)24(29)21-9-6-16-30-21/h5,7-8,17-18,21H,6,9-16H2,1-4H3,(H,25,28). The first-order valence-electron chi connectivity index (χ1n) is 11.4. The molecule has 2 heterocycles. The van der Waals surface area contributed by atoms with Crippen LogP contribution in [0.15, 0.2) is 18.2 Å². The molecule has 2 aliphatic heterocycles. The van der Waals surface area contributed by atoms with Crippen LogP contribution in [-0.4, -0.2) is 67.0 Å². The highest BCUT2D eigenvalue weighted by Crippen LogP contribution is 2.32. The number of hydrogen-bond acceptors (Lipinski definition) is 4. The molecular formula is C24H37N3O3. The molecule has 1 N–H and O–H groups in total. The van der Waals surface area contributed by atoms with E-state index in [1.54, 1.807) is 0 Å². The van der Waals surface area contributed by atoms with Gasteiger partial charge in [0.1, 0.15) is 6.10 Å². The largest absolute Gasteiger partial charge is 0.368 e. The number of nitrogens with zero attached hydrogens (tertiary/aromatic N) is 2. The maximum absolute atomic E-state index is 12.7. The highest BCUT2D eigenvalue weighted by Gasteiger charge is 2.30. The molecule has 0 aliphatic carbocycles. The molecule has 0 bridgehead atoms. The van der Waals surface area contributed by atoms with E-state index in [0.717, 1.165) is 31.6 Å². The van der Waals surface area contributed by atoms with Crippen molar-refractivity contribution in [2.45, 2.75) is 64.9 Å². The maximum atomic E-state index is 12.7. The summed E-state index contributed by atoms with van der Waals surface area (Å²) in [5.41, 5.74) is 3.37. The van der Waals surface area contributed by atoms with E-state index >= 15 is 0 Å². The minimum absolute atomic E-state index is 0.0582. The van der Waals surface area contributed by atoms with Crippen molar-refractivity contribution in [2.24, 2.45) is 0 Å². The van der Waals surface area contributed by atoms with E-state index < -0.39 is 0 Å². The topological polar surface area (TPSA) is 61.9 Å². The zero-order valence-electron chi connectivity index (χ0n) is 18.9. The Kier molecular flexibility index (Phi) is 7.89. The molecule has 2 saturated heterocycles. The van der Waals surface area contributed by atoms with E-state index in [4.69, 9.17) is 4.74 Å². The quantitative estimate of drug-likeness (QED) is 0.739. The second-order valence-corrected chi connectivity index (χ2v) is 9.09. The first-order chi connectivity index (χ1) is 14.4. The van der Waals surface area contributed by atoms with Crippen LogP contribution in [0.3, 0.4) is 0 Å². The van der Waals surface area contributed by atoms with Crippen LogP contribution in [0.1, 0.15) is 69.9 Å². The molecule has 1 unspecified atom stereocenters. The molecule has 0 saturated carbocycles. The molecule has 1 aromatic carbocycles. The molecule has 2 amide bonds. The van der Waals surface area contributed by atoms with Crippen LogP contribution >= 0.6 is 0 Å². The van der Waals surface area contributed by atoms with E-state index in [-0.39, 0.29) is 17.9 Å². The van der Waals surface area contributed by atoms with Crippen LogP contribution in [0.4, 0.5) is 5.69 Å². The Hall–Kier alpha value is -1.92. The zero-order valence-corrected chi connectivity index (χ0v) is 18.9. The van der Waals surface area contributed by atoms with Crippen LogP contribution in [0.5, 0.6) is 0 Å². The van der Waals surface area contributed by atoms with E-state index in [1.165, 1.54) is 11.1 Å². The molecule has 0 spiro atoms. The normalized spacial score (nSPS) is 20.2. The molecule has 30 heavy (non-hydrogen) atoms. The molecule has 6 nitrogen and oxygen atoms in total. The highest BCUT2D eigenvalue weighted by molar-refractivity contribution is 5.92. The van der Waals surface area contributed by atoms with Crippen LogP contribution in [0, 0.1) is 0 Å². The van der Waals surface area contributed by atoms with Gasteiger partial charge in [-0.15, -0.1) is 0 Å². The molecule has 0 aromatic heterocycles. The fraction of sp³-hybridized carbons (Fsp3) is 0.667. The van der Waals surface area contributed by atoms with Gasteiger partial charge in [-0.1, -0.05) is 45.9 Å². The first-order valence-corrected chi connectivity index (χ1v) is 11.4. The number of hydrogen-bond donors (Lipinski definition) is 1. The minimum atomic E-state index is -0.237. The second kappa shape index (κ2) is 10.4. The molecule has 166 valence electrons. The van der Waals surface area contributed by atoms with Gasteiger partial charge in [0.25, 0.3) is 5.91 Å². The van der Waals surface area contributed by atoms with Crippen molar-refractivity contribution in [1.82, 2.24) is 9.80 Å². The lowest BCUT2D eigenvalue weighted by Gasteiger charge is -2.35. The molecule has 0 radical (unpaired) electrons. The smallest absolute Gasteiger partial charge is 0.251 e. The SMILES string of the molecule is CC(C)c1cccc(C(C)C)c1NC(=O)CCN1CCN(C(=O)C2CCCO2)CC1. The van der Waals surface area contributed by atoms with Crippen LogP contribution in [0.25, 0.3) is 0 Å².